The van der Waals surface area contributed by atoms with Crippen LogP contribution in [0.2, 0.25) is 5.02 Å². The number of hydrogen-bond acceptors (Lipinski definition) is 6. The summed E-state index contributed by atoms with van der Waals surface area (Å²) < 4.78 is 6.87. The summed E-state index contributed by atoms with van der Waals surface area (Å²) in [5.41, 5.74) is 0. The second kappa shape index (κ2) is 6.92. The Bertz CT molecular complexity index is 871. The van der Waals surface area contributed by atoms with E-state index in [4.69, 9.17) is 16.0 Å². The summed E-state index contributed by atoms with van der Waals surface area (Å²) in [5.74, 6) is 0.404. The lowest BCUT2D eigenvalue weighted by atomic mass is 10.2. The quantitative estimate of drug-likeness (QED) is 0.681. The maximum atomic E-state index is 12.2. The van der Waals surface area contributed by atoms with E-state index in [9.17, 15) is 9.90 Å². The molecule has 2 heterocycles. The van der Waals surface area contributed by atoms with Crippen molar-refractivity contribution in [3.05, 3.63) is 35.3 Å². The third-order valence-electron chi connectivity index (χ3n) is 3.58. The van der Waals surface area contributed by atoms with Crippen molar-refractivity contribution >= 4 is 34.2 Å². The molecule has 0 amide bonds. The summed E-state index contributed by atoms with van der Waals surface area (Å²) in [5, 5.41) is 22.8. The summed E-state index contributed by atoms with van der Waals surface area (Å²) in [6.45, 7) is 2.69. The van der Waals surface area contributed by atoms with Crippen LogP contribution in [0, 0.1) is 0 Å². The van der Waals surface area contributed by atoms with Crippen LogP contribution in [0.15, 0.2) is 28.8 Å². The fourth-order valence-corrected chi connectivity index (χ4v) is 2.60. The number of fused-ring (bicyclic) bond motifs is 1. The molecular weight excluding hydrogens is 332 g/mol. The van der Waals surface area contributed by atoms with Crippen molar-refractivity contribution in [2.24, 2.45) is 0 Å². The lowest BCUT2D eigenvalue weighted by Crippen LogP contribution is -2.09. The second-order valence-electron chi connectivity index (χ2n) is 5.38. The molecular formula is C16H17ClN4O3. The van der Waals surface area contributed by atoms with Crippen LogP contribution in [0.5, 0.6) is 5.88 Å². The van der Waals surface area contributed by atoms with E-state index in [0.717, 1.165) is 5.39 Å². The number of Topliss-reactive ketones (excluding diaryl/α,β-unsaturated/α-hetero) is 1. The highest BCUT2D eigenvalue weighted by molar-refractivity contribution is 6.31. The first-order valence-electron chi connectivity index (χ1n) is 7.62. The van der Waals surface area contributed by atoms with Gasteiger partial charge in [0.25, 0.3) is 0 Å². The van der Waals surface area contributed by atoms with Crippen LogP contribution in [-0.2, 0) is 17.8 Å². The van der Waals surface area contributed by atoms with Crippen LogP contribution in [-0.4, -0.2) is 32.2 Å². The van der Waals surface area contributed by atoms with Crippen molar-refractivity contribution < 1.29 is 14.3 Å². The van der Waals surface area contributed by atoms with Crippen LogP contribution < -0.4 is 5.32 Å². The van der Waals surface area contributed by atoms with Crippen LogP contribution in [0.1, 0.15) is 19.2 Å². The lowest BCUT2D eigenvalue weighted by molar-refractivity contribution is -0.119. The van der Waals surface area contributed by atoms with Gasteiger partial charge in [0.1, 0.15) is 0 Å². The monoisotopic (exact) mass is 348 g/mol. The van der Waals surface area contributed by atoms with Gasteiger partial charge in [0.2, 0.25) is 5.89 Å². The Hall–Kier alpha value is -2.54. The third kappa shape index (κ3) is 3.51. The van der Waals surface area contributed by atoms with Gasteiger partial charge in [-0.25, -0.2) is 0 Å². The first-order valence-corrected chi connectivity index (χ1v) is 8.00. The number of nitrogens with one attached hydrogen (secondary N) is 1. The molecule has 0 aliphatic carbocycles. The number of carbonyl (C=O) groups is 1. The predicted molar refractivity (Wildman–Crippen MR) is 90.4 cm³/mol. The highest BCUT2D eigenvalue weighted by Gasteiger charge is 2.13. The zero-order chi connectivity index (χ0) is 17.1. The number of anilines is 1. The lowest BCUT2D eigenvalue weighted by Gasteiger charge is -2.03. The molecule has 0 atom stereocenters. The van der Waals surface area contributed by atoms with Gasteiger partial charge in [0, 0.05) is 41.4 Å². The number of aromatic hydroxyl groups is 1. The van der Waals surface area contributed by atoms with E-state index in [2.05, 4.69) is 15.5 Å². The largest absolute Gasteiger partial charge is 0.494 e. The molecule has 0 radical (unpaired) electrons. The van der Waals surface area contributed by atoms with Gasteiger partial charge in [0.05, 0.1) is 6.54 Å². The normalized spacial score (nSPS) is 11.1. The molecule has 0 spiro atoms. The fourth-order valence-electron chi connectivity index (χ4n) is 2.43. The summed E-state index contributed by atoms with van der Waals surface area (Å²) in [7, 11) is 0. The molecule has 2 aromatic heterocycles. The fraction of sp³-hybridized carbons (Fsp3) is 0.312. The Morgan fingerprint density at radius 1 is 1.42 bits per heavy atom. The molecule has 8 heteroatoms. The van der Waals surface area contributed by atoms with E-state index < -0.39 is 0 Å². The first-order chi connectivity index (χ1) is 11.6. The van der Waals surface area contributed by atoms with E-state index >= 15 is 0 Å². The molecule has 24 heavy (non-hydrogen) atoms. The molecule has 0 aliphatic heterocycles. The Labute approximate surface area is 143 Å². The van der Waals surface area contributed by atoms with Gasteiger partial charge in [-0.05, 0) is 19.1 Å². The molecule has 0 aliphatic rings. The minimum absolute atomic E-state index is 0.0353. The molecule has 0 fully saturated rings. The van der Waals surface area contributed by atoms with Gasteiger partial charge >= 0.3 is 6.01 Å². The summed E-state index contributed by atoms with van der Waals surface area (Å²) in [6, 6.07) is 5.58. The number of aryl methyl sites for hydroxylation is 1. The maximum Gasteiger partial charge on any atom is 0.315 e. The van der Waals surface area contributed by atoms with E-state index in [1.807, 2.05) is 6.92 Å². The molecule has 2 N–H and O–H groups in total. The van der Waals surface area contributed by atoms with Gasteiger partial charge in [-0.15, -0.1) is 5.10 Å². The number of nitrogens with zero attached hydrogens (tertiary/aromatic N) is 3. The second-order valence-corrected chi connectivity index (χ2v) is 5.82. The van der Waals surface area contributed by atoms with Crippen molar-refractivity contribution in [2.45, 2.75) is 26.3 Å². The first kappa shape index (κ1) is 16.3. The Morgan fingerprint density at radius 3 is 3.04 bits per heavy atom. The Kier molecular flexibility index (Phi) is 4.71. The molecule has 0 saturated carbocycles. The van der Waals surface area contributed by atoms with Crippen LogP contribution in [0.4, 0.5) is 6.01 Å². The van der Waals surface area contributed by atoms with Crippen molar-refractivity contribution in [1.29, 1.82) is 0 Å². The summed E-state index contributed by atoms with van der Waals surface area (Å²) in [6.07, 6.45) is 2.35. The summed E-state index contributed by atoms with van der Waals surface area (Å²) in [4.78, 5) is 12.2. The maximum absolute atomic E-state index is 12.2. The average molecular weight is 349 g/mol. The van der Waals surface area contributed by atoms with Crippen LogP contribution in [0.25, 0.3) is 10.8 Å². The number of aromatic nitrogens is 3. The van der Waals surface area contributed by atoms with E-state index in [-0.39, 0.29) is 24.6 Å². The van der Waals surface area contributed by atoms with E-state index in [1.54, 1.807) is 24.4 Å². The number of ketones is 1. The molecule has 0 unspecified atom stereocenters. The number of benzene rings is 1. The summed E-state index contributed by atoms with van der Waals surface area (Å²) >= 11 is 5.93. The highest BCUT2D eigenvalue weighted by Crippen LogP contribution is 2.29. The number of hydrogen-bond donors (Lipinski definition) is 2. The average Bonchev–Trinajstić information content (AvgIpc) is 3.12. The molecule has 0 saturated heterocycles. The van der Waals surface area contributed by atoms with E-state index in [1.165, 1.54) is 4.57 Å². The zero-order valence-electron chi connectivity index (χ0n) is 13.1. The molecule has 1 aromatic carbocycles. The van der Waals surface area contributed by atoms with E-state index in [0.29, 0.717) is 35.3 Å². The number of carbonyl (C=O) groups excluding carboxylic acids is 1. The molecule has 126 valence electrons. The van der Waals surface area contributed by atoms with Crippen LogP contribution >= 0.6 is 11.6 Å². The topological polar surface area (TPSA) is 93.2 Å². The van der Waals surface area contributed by atoms with Gasteiger partial charge in [-0.2, -0.15) is 0 Å². The zero-order valence-corrected chi connectivity index (χ0v) is 13.9. The minimum atomic E-state index is -0.0418. The molecule has 3 aromatic rings. The predicted octanol–water partition coefficient (Wildman–Crippen LogP) is 3.02. The third-order valence-corrected chi connectivity index (χ3v) is 3.82. The van der Waals surface area contributed by atoms with Crippen LogP contribution in [0.3, 0.4) is 0 Å². The van der Waals surface area contributed by atoms with Crippen molar-refractivity contribution in [3.63, 3.8) is 0 Å². The number of rotatable bonds is 7. The SMILES string of the molecule is CCNc1nnc(CCC(=O)Cn2cc3ccc(Cl)cc3c2O)o1. The molecule has 0 bridgehead atoms. The standard InChI is InChI=1S/C16H17ClN4O3/c1-2-18-16-20-19-14(24-16)6-5-12(22)9-21-8-10-3-4-11(17)7-13(10)15(21)23/h3-4,7-8,23H,2,5-6,9H2,1H3,(H,18,20). The van der Waals surface area contributed by atoms with Crippen molar-refractivity contribution in [2.75, 3.05) is 11.9 Å². The number of halogens is 1. The van der Waals surface area contributed by atoms with Gasteiger partial charge in [-0.1, -0.05) is 22.8 Å². The minimum Gasteiger partial charge on any atom is -0.494 e. The van der Waals surface area contributed by atoms with Gasteiger partial charge < -0.3 is 19.4 Å². The van der Waals surface area contributed by atoms with Gasteiger partial charge in [0.15, 0.2) is 11.7 Å². The molecule has 3 rings (SSSR count). The Morgan fingerprint density at radius 2 is 2.25 bits per heavy atom. The van der Waals surface area contributed by atoms with Crippen molar-refractivity contribution in [1.82, 2.24) is 14.8 Å². The highest BCUT2D eigenvalue weighted by atomic mass is 35.5. The van der Waals surface area contributed by atoms with Gasteiger partial charge in [-0.3, -0.25) is 4.79 Å². The van der Waals surface area contributed by atoms with Crippen molar-refractivity contribution in [3.8, 4) is 5.88 Å². The smallest absolute Gasteiger partial charge is 0.315 e. The Balaban J connectivity index is 1.63. The molecule has 7 nitrogen and oxygen atoms in total.